The number of nitrogens with two attached hydrogens (primary N) is 1. The molecule has 1 aromatic rings. The Balaban J connectivity index is 3.14. The molecule has 0 amide bonds. The van der Waals surface area contributed by atoms with Crippen molar-refractivity contribution >= 4 is 11.7 Å². The van der Waals surface area contributed by atoms with E-state index in [1.807, 2.05) is 19.1 Å². The highest BCUT2D eigenvalue weighted by Crippen LogP contribution is 2.30. The highest BCUT2D eigenvalue weighted by Gasteiger charge is 2.35. The van der Waals surface area contributed by atoms with Crippen LogP contribution in [0.15, 0.2) is 36.9 Å². The molecular weight excluding hydrogens is 214 g/mol. The van der Waals surface area contributed by atoms with Gasteiger partial charge in [0.25, 0.3) is 0 Å². The van der Waals surface area contributed by atoms with Gasteiger partial charge in [-0.2, -0.15) is 0 Å². The van der Waals surface area contributed by atoms with Gasteiger partial charge in [0.1, 0.15) is 0 Å². The summed E-state index contributed by atoms with van der Waals surface area (Å²) in [5.74, 6) is -0.245. The number of carbonyl (C=O) groups excluding carboxylic acids is 1. The van der Waals surface area contributed by atoms with Crippen LogP contribution in [0.2, 0.25) is 0 Å². The molecule has 0 saturated carbocycles. The molecule has 0 aliphatic carbocycles. The van der Waals surface area contributed by atoms with Crippen LogP contribution in [0.25, 0.3) is 0 Å². The van der Waals surface area contributed by atoms with Crippen LogP contribution < -0.4 is 5.73 Å². The van der Waals surface area contributed by atoms with Crippen molar-refractivity contribution in [3.63, 3.8) is 0 Å². The first-order valence-corrected chi connectivity index (χ1v) is 5.68. The first-order valence-electron chi connectivity index (χ1n) is 5.68. The number of anilines is 1. The molecule has 3 nitrogen and oxygen atoms in total. The number of hydrogen-bond acceptors (Lipinski definition) is 3. The van der Waals surface area contributed by atoms with Gasteiger partial charge in [0.05, 0.1) is 12.0 Å². The Kier molecular flexibility index (Phi) is 4.32. The third-order valence-corrected chi connectivity index (χ3v) is 2.80. The zero-order chi connectivity index (χ0) is 12.9. The molecule has 0 aromatic heterocycles. The van der Waals surface area contributed by atoms with Gasteiger partial charge in [-0.05, 0) is 38.0 Å². The Morgan fingerprint density at radius 2 is 2.29 bits per heavy atom. The van der Waals surface area contributed by atoms with Crippen molar-refractivity contribution in [2.24, 2.45) is 0 Å². The molecule has 17 heavy (non-hydrogen) atoms. The lowest BCUT2D eigenvalue weighted by atomic mass is 9.79. The number of carbonyl (C=O) groups is 1. The SMILES string of the molecule is C=CCC(C)(C(=O)OCC)c1cccc(N)c1. The molecule has 0 saturated heterocycles. The maximum absolute atomic E-state index is 12.1. The topological polar surface area (TPSA) is 52.3 Å². The van der Waals surface area contributed by atoms with Crippen LogP contribution in [0.5, 0.6) is 0 Å². The number of hydrogen-bond donors (Lipinski definition) is 1. The van der Waals surface area contributed by atoms with Crippen LogP contribution in [-0.4, -0.2) is 12.6 Å². The second kappa shape index (κ2) is 5.53. The fraction of sp³-hybridized carbons (Fsp3) is 0.357. The van der Waals surface area contributed by atoms with Crippen molar-refractivity contribution in [2.45, 2.75) is 25.7 Å². The lowest BCUT2D eigenvalue weighted by Crippen LogP contribution is -2.34. The van der Waals surface area contributed by atoms with E-state index in [1.54, 1.807) is 25.1 Å². The Bertz CT molecular complexity index is 414. The van der Waals surface area contributed by atoms with Crippen molar-refractivity contribution < 1.29 is 9.53 Å². The minimum absolute atomic E-state index is 0.245. The molecule has 0 fully saturated rings. The summed E-state index contributed by atoms with van der Waals surface area (Å²) in [6.07, 6.45) is 2.25. The Morgan fingerprint density at radius 3 is 2.82 bits per heavy atom. The lowest BCUT2D eigenvalue weighted by molar-refractivity contribution is -0.149. The summed E-state index contributed by atoms with van der Waals surface area (Å²) in [6, 6.07) is 7.32. The molecule has 2 N–H and O–H groups in total. The van der Waals surface area contributed by atoms with Gasteiger partial charge in [-0.1, -0.05) is 18.2 Å². The number of ether oxygens (including phenoxy) is 1. The number of esters is 1. The quantitative estimate of drug-likeness (QED) is 0.483. The van der Waals surface area contributed by atoms with E-state index in [2.05, 4.69) is 6.58 Å². The molecule has 1 unspecified atom stereocenters. The Labute approximate surface area is 102 Å². The number of allylic oxidation sites excluding steroid dienone is 1. The largest absolute Gasteiger partial charge is 0.465 e. The molecule has 0 bridgehead atoms. The van der Waals surface area contributed by atoms with Crippen molar-refractivity contribution in [3.05, 3.63) is 42.5 Å². The third kappa shape index (κ3) is 2.87. The van der Waals surface area contributed by atoms with Gasteiger partial charge >= 0.3 is 5.97 Å². The Hall–Kier alpha value is -1.77. The van der Waals surface area contributed by atoms with Crippen molar-refractivity contribution in [1.82, 2.24) is 0 Å². The normalized spacial score (nSPS) is 13.8. The maximum atomic E-state index is 12.1. The minimum atomic E-state index is -0.715. The second-order valence-corrected chi connectivity index (χ2v) is 4.17. The van der Waals surface area contributed by atoms with Gasteiger partial charge in [0, 0.05) is 5.69 Å². The van der Waals surface area contributed by atoms with Crippen LogP contribution >= 0.6 is 0 Å². The predicted molar refractivity (Wildman–Crippen MR) is 69.7 cm³/mol. The fourth-order valence-electron chi connectivity index (χ4n) is 1.78. The number of benzene rings is 1. The molecule has 0 aliphatic rings. The average molecular weight is 233 g/mol. The first kappa shape index (κ1) is 13.3. The lowest BCUT2D eigenvalue weighted by Gasteiger charge is -2.26. The molecular formula is C14H19NO2. The summed E-state index contributed by atoms with van der Waals surface area (Å²) < 4.78 is 5.13. The molecule has 0 aliphatic heterocycles. The van der Waals surface area contributed by atoms with Gasteiger partial charge in [-0.15, -0.1) is 6.58 Å². The van der Waals surface area contributed by atoms with Gasteiger partial charge in [-0.25, -0.2) is 0 Å². The highest BCUT2D eigenvalue weighted by atomic mass is 16.5. The van der Waals surface area contributed by atoms with Crippen LogP contribution in [0, 0.1) is 0 Å². The molecule has 1 rings (SSSR count). The zero-order valence-electron chi connectivity index (χ0n) is 10.4. The highest BCUT2D eigenvalue weighted by molar-refractivity contribution is 5.83. The minimum Gasteiger partial charge on any atom is -0.465 e. The van der Waals surface area contributed by atoms with Crippen LogP contribution in [-0.2, 0) is 14.9 Å². The standard InChI is InChI=1S/C14H19NO2/c1-4-9-14(3,13(16)17-5-2)11-7-6-8-12(15)10-11/h4,6-8,10H,1,5,9,15H2,2-3H3. The fourth-order valence-corrected chi connectivity index (χ4v) is 1.78. The monoisotopic (exact) mass is 233 g/mol. The van der Waals surface area contributed by atoms with Crippen LogP contribution in [0.1, 0.15) is 25.8 Å². The summed E-state index contributed by atoms with van der Waals surface area (Å²) in [4.78, 5) is 12.1. The molecule has 0 spiro atoms. The van der Waals surface area contributed by atoms with Crippen molar-refractivity contribution in [3.8, 4) is 0 Å². The smallest absolute Gasteiger partial charge is 0.316 e. The van der Waals surface area contributed by atoms with E-state index in [4.69, 9.17) is 10.5 Å². The second-order valence-electron chi connectivity index (χ2n) is 4.17. The third-order valence-electron chi connectivity index (χ3n) is 2.80. The van der Waals surface area contributed by atoms with Gasteiger partial charge in [-0.3, -0.25) is 4.79 Å². The number of rotatable bonds is 5. The maximum Gasteiger partial charge on any atom is 0.316 e. The summed E-state index contributed by atoms with van der Waals surface area (Å²) in [6.45, 7) is 7.71. The van der Waals surface area contributed by atoms with Crippen LogP contribution in [0.3, 0.4) is 0 Å². The Morgan fingerprint density at radius 1 is 1.59 bits per heavy atom. The van der Waals surface area contributed by atoms with Crippen LogP contribution in [0.4, 0.5) is 5.69 Å². The predicted octanol–water partition coefficient (Wildman–Crippen LogP) is 2.67. The average Bonchev–Trinajstić information content (AvgIpc) is 2.29. The van der Waals surface area contributed by atoms with Crippen molar-refractivity contribution in [2.75, 3.05) is 12.3 Å². The molecule has 1 atom stereocenters. The molecule has 92 valence electrons. The molecule has 0 radical (unpaired) electrons. The van der Waals surface area contributed by atoms with Gasteiger partial charge in [0.2, 0.25) is 0 Å². The summed E-state index contributed by atoms with van der Waals surface area (Å²) in [5, 5.41) is 0. The van der Waals surface area contributed by atoms with E-state index >= 15 is 0 Å². The first-order chi connectivity index (χ1) is 8.04. The summed E-state index contributed by atoms with van der Waals surface area (Å²) in [7, 11) is 0. The summed E-state index contributed by atoms with van der Waals surface area (Å²) >= 11 is 0. The molecule has 0 heterocycles. The zero-order valence-corrected chi connectivity index (χ0v) is 10.4. The van der Waals surface area contributed by atoms with Crippen molar-refractivity contribution in [1.29, 1.82) is 0 Å². The molecule has 1 aromatic carbocycles. The van der Waals surface area contributed by atoms with E-state index in [-0.39, 0.29) is 5.97 Å². The molecule has 3 heteroatoms. The van der Waals surface area contributed by atoms with Gasteiger partial charge in [0.15, 0.2) is 0 Å². The van der Waals surface area contributed by atoms with Gasteiger partial charge < -0.3 is 10.5 Å². The van der Waals surface area contributed by atoms with E-state index in [9.17, 15) is 4.79 Å². The summed E-state index contributed by atoms with van der Waals surface area (Å²) in [5.41, 5.74) is 6.53. The number of nitrogen functional groups attached to an aromatic ring is 1. The van der Waals surface area contributed by atoms with E-state index < -0.39 is 5.41 Å². The van der Waals surface area contributed by atoms with E-state index in [0.29, 0.717) is 18.7 Å². The van der Waals surface area contributed by atoms with E-state index in [0.717, 1.165) is 5.56 Å². The van der Waals surface area contributed by atoms with E-state index in [1.165, 1.54) is 0 Å².